The molecule has 1 rings (SSSR count). The second-order valence-electron chi connectivity index (χ2n) is 5.31. The predicted octanol–water partition coefficient (Wildman–Crippen LogP) is 0.942. The third-order valence-corrected chi connectivity index (χ3v) is 3.13. The number of carboxylic acid groups (broad SMARTS) is 1. The molecule has 1 aliphatic rings. The summed E-state index contributed by atoms with van der Waals surface area (Å²) in [4.78, 5) is 22.8. The van der Waals surface area contributed by atoms with E-state index in [1.165, 1.54) is 7.11 Å². The summed E-state index contributed by atoms with van der Waals surface area (Å²) in [6.07, 6.45) is 3.05. The van der Waals surface area contributed by atoms with Crippen LogP contribution in [0.25, 0.3) is 0 Å². The molecule has 0 bridgehead atoms. The predicted molar refractivity (Wildman–Crippen MR) is 68.9 cm³/mol. The van der Waals surface area contributed by atoms with Crippen LogP contribution in [0.4, 0.5) is 0 Å². The molecular weight excluding hydrogens is 250 g/mol. The minimum absolute atomic E-state index is 0.0506. The first-order chi connectivity index (χ1) is 8.95. The van der Waals surface area contributed by atoms with E-state index in [1.807, 2.05) is 0 Å². The summed E-state index contributed by atoms with van der Waals surface area (Å²) in [6.45, 7) is 2.53. The van der Waals surface area contributed by atoms with E-state index in [0.29, 0.717) is 6.61 Å². The Labute approximate surface area is 113 Å². The molecule has 0 aliphatic carbocycles. The monoisotopic (exact) mass is 273 g/mol. The number of nitrogens with one attached hydrogen (secondary N) is 1. The first-order valence-corrected chi connectivity index (χ1v) is 6.58. The van der Waals surface area contributed by atoms with Crippen LogP contribution >= 0.6 is 0 Å². The molecule has 1 heterocycles. The van der Waals surface area contributed by atoms with Crippen molar-refractivity contribution in [2.75, 3.05) is 20.3 Å². The minimum Gasteiger partial charge on any atom is -0.481 e. The van der Waals surface area contributed by atoms with Crippen LogP contribution in [-0.4, -0.2) is 48.9 Å². The molecule has 0 aromatic heterocycles. The van der Waals surface area contributed by atoms with Crippen molar-refractivity contribution in [3.8, 4) is 0 Å². The van der Waals surface area contributed by atoms with Crippen LogP contribution in [0.5, 0.6) is 0 Å². The lowest BCUT2D eigenvalue weighted by Crippen LogP contribution is -2.51. The summed E-state index contributed by atoms with van der Waals surface area (Å²) >= 11 is 0. The van der Waals surface area contributed by atoms with Gasteiger partial charge in [-0.1, -0.05) is 0 Å². The van der Waals surface area contributed by atoms with Gasteiger partial charge in [-0.05, 0) is 26.2 Å². The Morgan fingerprint density at radius 1 is 1.47 bits per heavy atom. The molecule has 19 heavy (non-hydrogen) atoms. The van der Waals surface area contributed by atoms with Crippen molar-refractivity contribution in [1.82, 2.24) is 5.32 Å². The molecular formula is C13H23NO5. The van der Waals surface area contributed by atoms with Gasteiger partial charge in [-0.25, -0.2) is 0 Å². The van der Waals surface area contributed by atoms with Gasteiger partial charge < -0.3 is 19.9 Å². The number of aliphatic carboxylic acids is 1. The van der Waals surface area contributed by atoms with Crippen molar-refractivity contribution in [1.29, 1.82) is 0 Å². The van der Waals surface area contributed by atoms with E-state index in [9.17, 15) is 9.59 Å². The van der Waals surface area contributed by atoms with Crippen LogP contribution < -0.4 is 5.32 Å². The van der Waals surface area contributed by atoms with Crippen LogP contribution in [0.15, 0.2) is 0 Å². The average molecular weight is 273 g/mol. The topological polar surface area (TPSA) is 84.9 Å². The second kappa shape index (κ2) is 7.45. The van der Waals surface area contributed by atoms with E-state index < -0.39 is 11.5 Å². The number of methoxy groups -OCH3 is 1. The fraction of sp³-hybridized carbons (Fsp3) is 0.846. The van der Waals surface area contributed by atoms with Crippen molar-refractivity contribution in [2.24, 2.45) is 0 Å². The van der Waals surface area contributed by atoms with Gasteiger partial charge in [0.15, 0.2) is 0 Å². The smallest absolute Gasteiger partial charge is 0.305 e. The SMILES string of the molecule is COCC(C)(CC(=O)O)NC(=O)CC1CCCCO1. The molecule has 110 valence electrons. The molecule has 2 unspecified atom stereocenters. The summed E-state index contributed by atoms with van der Waals surface area (Å²) in [5.41, 5.74) is -0.883. The van der Waals surface area contributed by atoms with Crippen LogP contribution in [0.1, 0.15) is 39.0 Å². The summed E-state index contributed by atoms with van der Waals surface area (Å²) in [5.74, 6) is -1.15. The molecule has 1 saturated heterocycles. The highest BCUT2D eigenvalue weighted by Gasteiger charge is 2.30. The Hall–Kier alpha value is -1.14. The highest BCUT2D eigenvalue weighted by molar-refractivity contribution is 5.78. The Bertz CT molecular complexity index is 314. The van der Waals surface area contributed by atoms with E-state index in [-0.39, 0.29) is 31.5 Å². The van der Waals surface area contributed by atoms with Gasteiger partial charge in [0.1, 0.15) is 0 Å². The van der Waals surface area contributed by atoms with Crippen molar-refractivity contribution < 1.29 is 24.2 Å². The standard InChI is InChI=1S/C13H23NO5/c1-13(9-18-2,8-12(16)17)14-11(15)7-10-5-3-4-6-19-10/h10H,3-9H2,1-2H3,(H,14,15)(H,16,17). The quantitative estimate of drug-likeness (QED) is 0.721. The first kappa shape index (κ1) is 15.9. The lowest BCUT2D eigenvalue weighted by molar-refractivity contribution is -0.140. The van der Waals surface area contributed by atoms with E-state index in [1.54, 1.807) is 6.92 Å². The van der Waals surface area contributed by atoms with Gasteiger partial charge in [0.2, 0.25) is 5.91 Å². The van der Waals surface area contributed by atoms with E-state index in [4.69, 9.17) is 14.6 Å². The van der Waals surface area contributed by atoms with E-state index in [0.717, 1.165) is 19.3 Å². The molecule has 0 saturated carbocycles. The van der Waals surface area contributed by atoms with Crippen LogP contribution in [0.3, 0.4) is 0 Å². The number of carboxylic acids is 1. The lowest BCUT2D eigenvalue weighted by Gasteiger charge is -2.30. The van der Waals surface area contributed by atoms with Gasteiger partial charge in [-0.15, -0.1) is 0 Å². The van der Waals surface area contributed by atoms with Gasteiger partial charge in [-0.2, -0.15) is 0 Å². The molecule has 2 atom stereocenters. The molecule has 0 radical (unpaired) electrons. The third kappa shape index (κ3) is 6.02. The maximum absolute atomic E-state index is 11.9. The van der Waals surface area contributed by atoms with Crippen molar-refractivity contribution >= 4 is 11.9 Å². The van der Waals surface area contributed by atoms with Gasteiger partial charge in [0.05, 0.1) is 31.1 Å². The molecule has 6 nitrogen and oxygen atoms in total. The first-order valence-electron chi connectivity index (χ1n) is 6.58. The molecule has 0 spiro atoms. The Morgan fingerprint density at radius 3 is 2.74 bits per heavy atom. The van der Waals surface area contributed by atoms with Crippen LogP contribution in [0, 0.1) is 0 Å². The van der Waals surface area contributed by atoms with Crippen molar-refractivity contribution in [2.45, 2.75) is 50.7 Å². The summed E-state index contributed by atoms with van der Waals surface area (Å²) in [7, 11) is 1.48. The summed E-state index contributed by atoms with van der Waals surface area (Å²) in [6, 6.07) is 0. The third-order valence-electron chi connectivity index (χ3n) is 3.13. The minimum atomic E-state index is -0.964. The Balaban J connectivity index is 2.47. The molecule has 1 aliphatic heterocycles. The number of carbonyl (C=O) groups is 2. The molecule has 1 fully saturated rings. The zero-order valence-electron chi connectivity index (χ0n) is 11.6. The second-order valence-corrected chi connectivity index (χ2v) is 5.31. The number of amides is 1. The normalized spacial score (nSPS) is 22.5. The zero-order valence-corrected chi connectivity index (χ0v) is 11.6. The number of hydrogen-bond acceptors (Lipinski definition) is 4. The molecule has 1 amide bonds. The summed E-state index contributed by atoms with van der Waals surface area (Å²) < 4.78 is 10.5. The van der Waals surface area contributed by atoms with Crippen molar-refractivity contribution in [3.63, 3.8) is 0 Å². The Kier molecular flexibility index (Phi) is 6.24. The van der Waals surface area contributed by atoms with E-state index >= 15 is 0 Å². The fourth-order valence-corrected chi connectivity index (χ4v) is 2.35. The molecule has 6 heteroatoms. The number of hydrogen-bond donors (Lipinski definition) is 2. The van der Waals surface area contributed by atoms with Crippen LogP contribution in [0.2, 0.25) is 0 Å². The van der Waals surface area contributed by atoms with Gasteiger partial charge >= 0.3 is 5.97 Å². The van der Waals surface area contributed by atoms with Gasteiger partial charge in [-0.3, -0.25) is 9.59 Å². The number of rotatable bonds is 7. The highest BCUT2D eigenvalue weighted by atomic mass is 16.5. The van der Waals surface area contributed by atoms with Crippen molar-refractivity contribution in [3.05, 3.63) is 0 Å². The van der Waals surface area contributed by atoms with Gasteiger partial charge in [0, 0.05) is 13.7 Å². The summed E-state index contributed by atoms with van der Waals surface area (Å²) in [5, 5.41) is 11.6. The average Bonchev–Trinajstić information content (AvgIpc) is 2.28. The maximum Gasteiger partial charge on any atom is 0.305 e. The lowest BCUT2D eigenvalue weighted by atomic mass is 9.98. The van der Waals surface area contributed by atoms with Crippen LogP contribution in [-0.2, 0) is 19.1 Å². The fourth-order valence-electron chi connectivity index (χ4n) is 2.35. The number of ether oxygens (including phenoxy) is 2. The van der Waals surface area contributed by atoms with Gasteiger partial charge in [0.25, 0.3) is 0 Å². The zero-order chi connectivity index (χ0) is 14.3. The molecule has 0 aromatic rings. The largest absolute Gasteiger partial charge is 0.481 e. The highest BCUT2D eigenvalue weighted by Crippen LogP contribution is 2.17. The molecule has 0 aromatic carbocycles. The Morgan fingerprint density at radius 2 is 2.21 bits per heavy atom. The van der Waals surface area contributed by atoms with E-state index in [2.05, 4.69) is 5.32 Å². The number of carbonyl (C=O) groups excluding carboxylic acids is 1. The molecule has 2 N–H and O–H groups in total. The maximum atomic E-state index is 11.9.